The number of hydrogen-bond donors (Lipinski definition) is 1. The van der Waals surface area contributed by atoms with E-state index in [0.29, 0.717) is 10.6 Å². The zero-order valence-corrected chi connectivity index (χ0v) is 16.9. The molecule has 2 atom stereocenters. The van der Waals surface area contributed by atoms with Crippen molar-refractivity contribution < 1.29 is 36.2 Å². The Morgan fingerprint density at radius 1 is 1.22 bits per heavy atom. The molecule has 1 amide bonds. The second-order valence-electron chi connectivity index (χ2n) is 7.03. The first-order chi connectivity index (χ1) is 15.1. The lowest BCUT2D eigenvalue weighted by atomic mass is 9.96. The molecule has 0 aliphatic carbocycles. The minimum absolute atomic E-state index is 0.0158. The van der Waals surface area contributed by atoms with E-state index in [4.69, 9.17) is 10.5 Å². The van der Waals surface area contributed by atoms with Gasteiger partial charge in [-0.2, -0.15) is 5.01 Å². The van der Waals surface area contributed by atoms with Crippen molar-refractivity contribution in [1.82, 2.24) is 5.01 Å². The lowest BCUT2D eigenvalue weighted by Crippen LogP contribution is -2.49. The summed E-state index contributed by atoms with van der Waals surface area (Å²) in [4.78, 5) is 13.0. The van der Waals surface area contributed by atoms with E-state index in [1.54, 1.807) is 30.3 Å². The van der Waals surface area contributed by atoms with Crippen LogP contribution in [0.5, 0.6) is 0 Å². The number of ether oxygens (including phenoxy) is 2. The Morgan fingerprint density at radius 3 is 2.53 bits per heavy atom. The Balaban J connectivity index is 2.13. The van der Waals surface area contributed by atoms with Gasteiger partial charge in [0.1, 0.15) is 17.7 Å². The Labute approximate surface area is 180 Å². The van der Waals surface area contributed by atoms with Crippen molar-refractivity contribution in [2.24, 2.45) is 10.8 Å². The second kappa shape index (κ2) is 9.21. The van der Waals surface area contributed by atoms with Crippen LogP contribution in [0.1, 0.15) is 30.9 Å². The molecule has 3 rings (SSSR count). The molecule has 0 fully saturated rings. The topological polar surface area (TPSA) is 77.1 Å². The van der Waals surface area contributed by atoms with Gasteiger partial charge in [-0.3, -0.25) is 9.53 Å². The van der Waals surface area contributed by atoms with E-state index in [0.717, 1.165) is 25.1 Å². The molecule has 2 aromatic rings. The molecule has 0 aromatic heterocycles. The molecule has 1 heterocycles. The van der Waals surface area contributed by atoms with Crippen LogP contribution in [0.15, 0.2) is 53.6 Å². The molecule has 172 valence electrons. The van der Waals surface area contributed by atoms with Gasteiger partial charge in [0, 0.05) is 12.0 Å². The van der Waals surface area contributed by atoms with Crippen LogP contribution in [0.25, 0.3) is 0 Å². The van der Waals surface area contributed by atoms with Gasteiger partial charge in [0.05, 0.1) is 5.56 Å². The van der Waals surface area contributed by atoms with Crippen LogP contribution < -0.4 is 5.73 Å². The molecular formula is C21H20F5N3O3. The number of amides is 1. The SMILES string of the molecule is C[C@H](OC(F)(F)F)C(=O)N1N=C(c2cc(F)ccc2F)OC1(CCCN)c1ccccc1. The summed E-state index contributed by atoms with van der Waals surface area (Å²) in [6.07, 6.45) is -6.77. The van der Waals surface area contributed by atoms with E-state index in [1.807, 2.05) is 0 Å². The summed E-state index contributed by atoms with van der Waals surface area (Å²) < 4.78 is 76.2. The van der Waals surface area contributed by atoms with Crippen LogP contribution in [0, 0.1) is 11.6 Å². The fraction of sp³-hybridized carbons (Fsp3) is 0.333. The predicted octanol–water partition coefficient (Wildman–Crippen LogP) is 4.00. The van der Waals surface area contributed by atoms with E-state index in [-0.39, 0.29) is 19.4 Å². The summed E-state index contributed by atoms with van der Waals surface area (Å²) >= 11 is 0. The number of nitrogens with two attached hydrogens (primary N) is 1. The van der Waals surface area contributed by atoms with E-state index in [2.05, 4.69) is 9.84 Å². The molecule has 32 heavy (non-hydrogen) atoms. The first-order valence-electron chi connectivity index (χ1n) is 9.64. The minimum Gasteiger partial charge on any atom is -0.443 e. The molecule has 1 aliphatic heterocycles. The standard InChI is InChI=1S/C21H20F5N3O3/c1-13(31-21(24,25)26)19(30)29-20(10-5-11-27,14-6-3-2-4-7-14)32-18(28-29)16-12-15(22)8-9-17(16)23/h2-4,6-9,12-13H,5,10-11,27H2,1H3/t13-,20?/m0/s1. The molecule has 2 aromatic carbocycles. The third-order valence-corrected chi connectivity index (χ3v) is 4.77. The van der Waals surface area contributed by atoms with Crippen LogP contribution >= 0.6 is 0 Å². The van der Waals surface area contributed by atoms with Gasteiger partial charge in [-0.25, -0.2) is 8.78 Å². The minimum atomic E-state index is -5.08. The van der Waals surface area contributed by atoms with Gasteiger partial charge in [0.25, 0.3) is 5.91 Å². The summed E-state index contributed by atoms with van der Waals surface area (Å²) in [7, 11) is 0. The highest BCUT2D eigenvalue weighted by molar-refractivity contribution is 5.97. The lowest BCUT2D eigenvalue weighted by molar-refractivity contribution is -0.337. The third kappa shape index (κ3) is 4.89. The van der Waals surface area contributed by atoms with Gasteiger partial charge in [0.2, 0.25) is 11.6 Å². The maximum Gasteiger partial charge on any atom is 0.523 e. The molecule has 0 saturated heterocycles. The number of nitrogens with zero attached hydrogens (tertiary/aromatic N) is 2. The third-order valence-electron chi connectivity index (χ3n) is 4.77. The summed E-state index contributed by atoms with van der Waals surface area (Å²) in [5.41, 5.74) is 3.84. The zero-order chi connectivity index (χ0) is 23.5. The van der Waals surface area contributed by atoms with Crippen LogP contribution in [-0.4, -0.2) is 35.8 Å². The molecule has 6 nitrogen and oxygen atoms in total. The summed E-state index contributed by atoms with van der Waals surface area (Å²) in [5.74, 6) is -3.33. The van der Waals surface area contributed by atoms with Crippen molar-refractivity contribution in [2.75, 3.05) is 6.54 Å². The number of hydrazone groups is 1. The van der Waals surface area contributed by atoms with Crippen molar-refractivity contribution in [1.29, 1.82) is 0 Å². The molecule has 11 heteroatoms. The second-order valence-corrected chi connectivity index (χ2v) is 7.03. The average molecular weight is 457 g/mol. The van der Waals surface area contributed by atoms with Crippen molar-refractivity contribution in [2.45, 2.75) is 38.0 Å². The first kappa shape index (κ1) is 23.6. The Kier molecular flexibility index (Phi) is 6.79. The van der Waals surface area contributed by atoms with Gasteiger partial charge < -0.3 is 10.5 Å². The van der Waals surface area contributed by atoms with Crippen LogP contribution in [-0.2, 0) is 20.0 Å². The number of carbonyl (C=O) groups is 1. The quantitative estimate of drug-likeness (QED) is 0.638. The Morgan fingerprint density at radius 2 is 1.91 bits per heavy atom. The number of carbonyl (C=O) groups excluding carboxylic acids is 1. The molecule has 0 radical (unpaired) electrons. The van der Waals surface area contributed by atoms with Gasteiger partial charge in [-0.1, -0.05) is 30.3 Å². The van der Waals surface area contributed by atoms with Crippen molar-refractivity contribution in [3.8, 4) is 0 Å². The van der Waals surface area contributed by atoms with Crippen molar-refractivity contribution >= 4 is 11.8 Å². The summed E-state index contributed by atoms with van der Waals surface area (Å²) in [5, 5.41) is 4.67. The largest absolute Gasteiger partial charge is 0.523 e. The van der Waals surface area contributed by atoms with Gasteiger partial charge in [-0.05, 0) is 38.1 Å². The van der Waals surface area contributed by atoms with E-state index in [1.165, 1.54) is 0 Å². The highest BCUT2D eigenvalue weighted by Gasteiger charge is 2.52. The van der Waals surface area contributed by atoms with E-state index >= 15 is 0 Å². The highest BCUT2D eigenvalue weighted by atomic mass is 19.4. The lowest BCUT2D eigenvalue weighted by Gasteiger charge is -2.36. The zero-order valence-electron chi connectivity index (χ0n) is 16.9. The highest BCUT2D eigenvalue weighted by Crippen LogP contribution is 2.41. The number of benzene rings is 2. The molecule has 1 aliphatic rings. The molecular weight excluding hydrogens is 437 g/mol. The summed E-state index contributed by atoms with van der Waals surface area (Å²) in [6, 6.07) is 10.6. The number of alkyl halides is 3. The van der Waals surface area contributed by atoms with Gasteiger partial charge >= 0.3 is 6.36 Å². The van der Waals surface area contributed by atoms with Gasteiger partial charge in [0.15, 0.2) is 0 Å². The van der Waals surface area contributed by atoms with E-state index < -0.39 is 47.2 Å². The maximum atomic E-state index is 14.4. The van der Waals surface area contributed by atoms with Crippen LogP contribution in [0.4, 0.5) is 22.0 Å². The normalized spacial score (nSPS) is 19.5. The monoisotopic (exact) mass is 457 g/mol. The Hall–Kier alpha value is -3.05. The van der Waals surface area contributed by atoms with Crippen molar-refractivity contribution in [3.63, 3.8) is 0 Å². The molecule has 2 N–H and O–H groups in total. The molecule has 0 spiro atoms. The fourth-order valence-corrected chi connectivity index (χ4v) is 3.34. The predicted molar refractivity (Wildman–Crippen MR) is 104 cm³/mol. The smallest absolute Gasteiger partial charge is 0.443 e. The van der Waals surface area contributed by atoms with E-state index in [9.17, 15) is 26.7 Å². The van der Waals surface area contributed by atoms with Crippen molar-refractivity contribution in [3.05, 3.63) is 71.3 Å². The summed E-state index contributed by atoms with van der Waals surface area (Å²) in [6.45, 7) is 1.07. The molecule has 0 saturated carbocycles. The number of halogens is 5. The number of hydrogen-bond acceptors (Lipinski definition) is 5. The van der Waals surface area contributed by atoms with Crippen LogP contribution in [0.2, 0.25) is 0 Å². The average Bonchev–Trinajstić information content (AvgIpc) is 3.13. The first-order valence-corrected chi connectivity index (χ1v) is 9.64. The molecule has 0 bridgehead atoms. The van der Waals surface area contributed by atoms with Gasteiger partial charge in [-0.15, -0.1) is 18.3 Å². The molecule has 1 unspecified atom stereocenters. The van der Waals surface area contributed by atoms with Crippen LogP contribution in [0.3, 0.4) is 0 Å². The Bertz CT molecular complexity index is 1000. The fourth-order valence-electron chi connectivity index (χ4n) is 3.34. The maximum absolute atomic E-state index is 14.4. The number of rotatable bonds is 7.